The summed E-state index contributed by atoms with van der Waals surface area (Å²) in [7, 11) is 0. The molecule has 0 heterocycles. The Bertz CT molecular complexity index is 724. The summed E-state index contributed by atoms with van der Waals surface area (Å²) in [5.74, 6) is 0. The highest BCUT2D eigenvalue weighted by Gasteiger charge is 2.00. The fourth-order valence-corrected chi connectivity index (χ4v) is 2.77. The van der Waals surface area contributed by atoms with Gasteiger partial charge in [-0.05, 0) is 48.4 Å². The predicted molar refractivity (Wildman–Crippen MR) is 110 cm³/mol. The fourth-order valence-electron chi connectivity index (χ4n) is 2.77. The molecule has 25 heavy (non-hydrogen) atoms. The van der Waals surface area contributed by atoms with E-state index in [4.69, 9.17) is 0 Å². The molecule has 3 aromatic rings. The van der Waals surface area contributed by atoms with Crippen LogP contribution < -0.4 is 0 Å². The van der Waals surface area contributed by atoms with Gasteiger partial charge in [-0.3, -0.25) is 0 Å². The topological polar surface area (TPSA) is 0 Å². The van der Waals surface area contributed by atoms with E-state index in [0.717, 1.165) is 19.3 Å². The minimum absolute atomic E-state index is 1.01. The summed E-state index contributed by atoms with van der Waals surface area (Å²) >= 11 is 0. The predicted octanol–water partition coefficient (Wildman–Crippen LogP) is 6.79. The van der Waals surface area contributed by atoms with Crippen LogP contribution in [-0.2, 0) is 19.3 Å². The molecule has 0 saturated heterocycles. The van der Waals surface area contributed by atoms with Gasteiger partial charge in [0.25, 0.3) is 0 Å². The number of benzene rings is 3. The summed E-state index contributed by atoms with van der Waals surface area (Å²) < 4.78 is 0. The zero-order valence-corrected chi connectivity index (χ0v) is 15.8. The maximum Gasteiger partial charge on any atom is -0.00257 e. The molecule has 0 fully saturated rings. The maximum absolute atomic E-state index is 2.35. The second-order valence-electron chi connectivity index (χ2n) is 6.68. The van der Waals surface area contributed by atoms with Crippen LogP contribution in [0.2, 0.25) is 0 Å². The Morgan fingerprint density at radius 1 is 0.560 bits per heavy atom. The van der Waals surface area contributed by atoms with Crippen molar-refractivity contribution in [3.8, 4) is 0 Å². The van der Waals surface area contributed by atoms with Crippen molar-refractivity contribution in [1.29, 1.82) is 0 Å². The molecule has 0 saturated carbocycles. The summed E-state index contributed by atoms with van der Waals surface area (Å²) in [5, 5.41) is 0. The molecule has 0 aliphatic rings. The average molecular weight is 331 g/mol. The van der Waals surface area contributed by atoms with Gasteiger partial charge in [-0.15, -0.1) is 0 Å². The van der Waals surface area contributed by atoms with E-state index in [1.165, 1.54) is 34.2 Å². The van der Waals surface area contributed by atoms with Crippen molar-refractivity contribution in [2.75, 3.05) is 0 Å². The molecule has 3 aromatic carbocycles. The third-order valence-corrected chi connectivity index (χ3v) is 4.07. The first kappa shape index (κ1) is 19.0. The second-order valence-corrected chi connectivity index (χ2v) is 6.68. The van der Waals surface area contributed by atoms with Gasteiger partial charge in [0, 0.05) is 0 Å². The van der Waals surface area contributed by atoms with Crippen molar-refractivity contribution in [3.63, 3.8) is 0 Å². The fraction of sp³-hybridized carbons (Fsp3) is 0.280. The third kappa shape index (κ3) is 6.97. The summed E-state index contributed by atoms with van der Waals surface area (Å²) in [6.07, 6.45) is 4.47. The minimum atomic E-state index is 1.01. The van der Waals surface area contributed by atoms with Gasteiger partial charge >= 0.3 is 0 Å². The van der Waals surface area contributed by atoms with Crippen LogP contribution in [0, 0.1) is 6.92 Å². The van der Waals surface area contributed by atoms with Gasteiger partial charge in [-0.25, -0.2) is 0 Å². The Morgan fingerprint density at radius 2 is 1.12 bits per heavy atom. The van der Waals surface area contributed by atoms with Crippen molar-refractivity contribution in [2.24, 2.45) is 0 Å². The van der Waals surface area contributed by atoms with Gasteiger partial charge in [0.05, 0.1) is 0 Å². The summed E-state index contributed by atoms with van der Waals surface area (Å²) in [5.41, 5.74) is 6.93. The molecule has 130 valence electrons. The van der Waals surface area contributed by atoms with E-state index in [9.17, 15) is 0 Å². The first-order chi connectivity index (χ1) is 12.2. The Kier molecular flexibility index (Phi) is 7.98. The van der Waals surface area contributed by atoms with E-state index in [2.05, 4.69) is 99.6 Å². The van der Waals surface area contributed by atoms with Crippen molar-refractivity contribution < 1.29 is 0 Å². The van der Waals surface area contributed by atoms with Crippen LogP contribution in [0.5, 0.6) is 0 Å². The maximum atomic E-state index is 2.35. The highest BCUT2D eigenvalue weighted by atomic mass is 14.1. The Morgan fingerprint density at radius 3 is 1.80 bits per heavy atom. The Hall–Kier alpha value is -2.34. The van der Waals surface area contributed by atoms with Crippen LogP contribution in [0.3, 0.4) is 0 Å². The molecule has 0 aromatic heterocycles. The highest BCUT2D eigenvalue weighted by Crippen LogP contribution is 2.14. The molecule has 0 amide bonds. The molecule has 0 aliphatic carbocycles. The first-order valence-electron chi connectivity index (χ1n) is 9.38. The summed E-state index contributed by atoms with van der Waals surface area (Å²) in [4.78, 5) is 0. The molecule has 0 spiro atoms. The van der Waals surface area contributed by atoms with Gasteiger partial charge in [0.1, 0.15) is 0 Å². The van der Waals surface area contributed by atoms with E-state index >= 15 is 0 Å². The normalized spacial score (nSPS) is 10.0. The number of rotatable bonds is 5. The number of hydrogen-bond acceptors (Lipinski definition) is 0. The van der Waals surface area contributed by atoms with Crippen LogP contribution in [0.15, 0.2) is 78.9 Å². The van der Waals surface area contributed by atoms with Crippen LogP contribution in [0.1, 0.15) is 48.1 Å². The lowest BCUT2D eigenvalue weighted by molar-refractivity contribution is 0.955. The van der Waals surface area contributed by atoms with Gasteiger partial charge in [0.2, 0.25) is 0 Å². The van der Waals surface area contributed by atoms with E-state index in [1.54, 1.807) is 0 Å². The lowest BCUT2D eigenvalue weighted by Crippen LogP contribution is -1.94. The Balaban J connectivity index is 0.000000701. The number of hydrogen-bond donors (Lipinski definition) is 0. The zero-order valence-electron chi connectivity index (χ0n) is 15.8. The highest BCUT2D eigenvalue weighted by molar-refractivity contribution is 5.31. The van der Waals surface area contributed by atoms with Crippen molar-refractivity contribution in [1.82, 2.24) is 0 Å². The lowest BCUT2D eigenvalue weighted by Gasteiger charge is -2.07. The van der Waals surface area contributed by atoms with E-state index in [-0.39, 0.29) is 0 Å². The molecule has 0 aliphatic heterocycles. The average Bonchev–Trinajstić information content (AvgIpc) is 2.64. The molecule has 0 radical (unpaired) electrons. The largest absolute Gasteiger partial charge is 0.0656 e. The summed E-state index contributed by atoms with van der Waals surface area (Å²) in [6.45, 7) is 6.38. The minimum Gasteiger partial charge on any atom is -0.0656 e. The number of aryl methyl sites for hydroxylation is 3. The van der Waals surface area contributed by atoms with Crippen molar-refractivity contribution in [3.05, 3.63) is 107 Å². The van der Waals surface area contributed by atoms with Crippen LogP contribution >= 0.6 is 0 Å². The quantitative estimate of drug-likeness (QED) is 0.483. The van der Waals surface area contributed by atoms with Crippen LogP contribution in [0.25, 0.3) is 0 Å². The molecule has 0 atom stereocenters. The van der Waals surface area contributed by atoms with Crippen molar-refractivity contribution in [2.45, 2.75) is 46.5 Å². The van der Waals surface area contributed by atoms with E-state index in [0.29, 0.717) is 0 Å². The Labute approximate surface area is 153 Å². The monoisotopic (exact) mass is 330 g/mol. The van der Waals surface area contributed by atoms with Crippen molar-refractivity contribution >= 4 is 0 Å². The third-order valence-electron chi connectivity index (χ3n) is 4.07. The molecular formula is C25H30. The lowest BCUT2D eigenvalue weighted by atomic mass is 9.99. The smallest absolute Gasteiger partial charge is 0.00257 e. The molecule has 0 nitrogen and oxygen atoms in total. The van der Waals surface area contributed by atoms with E-state index in [1.807, 2.05) is 0 Å². The van der Waals surface area contributed by atoms with Gasteiger partial charge in [0.15, 0.2) is 0 Å². The van der Waals surface area contributed by atoms with Crippen LogP contribution in [0.4, 0.5) is 0 Å². The molecule has 0 unspecified atom stereocenters. The molecule has 0 N–H and O–H groups in total. The van der Waals surface area contributed by atoms with Gasteiger partial charge in [-0.1, -0.05) is 105 Å². The molecule has 0 heteroatoms. The van der Waals surface area contributed by atoms with E-state index < -0.39 is 0 Å². The van der Waals surface area contributed by atoms with Gasteiger partial charge in [-0.2, -0.15) is 0 Å². The van der Waals surface area contributed by atoms with Crippen LogP contribution in [-0.4, -0.2) is 0 Å². The first-order valence-corrected chi connectivity index (χ1v) is 9.38. The second kappa shape index (κ2) is 10.5. The van der Waals surface area contributed by atoms with Gasteiger partial charge < -0.3 is 0 Å². The molecule has 3 rings (SSSR count). The SMILES string of the molecule is CCC.Cc1ccc(Cc2cccc(CCc3ccccc3)c2)cc1. The summed E-state index contributed by atoms with van der Waals surface area (Å²) in [6, 6.07) is 28.5. The zero-order chi connectivity index (χ0) is 17.9. The molecular weight excluding hydrogens is 300 g/mol. The standard InChI is InChI=1S/C22H22.C3H8/c1-18-10-12-21(13-11-18)17-22-9-5-8-20(16-22)15-14-19-6-3-2-4-7-19;1-3-2/h2-13,16H,14-15,17H2,1H3;3H2,1-2H3. The molecule has 0 bridgehead atoms.